The van der Waals surface area contributed by atoms with Crippen LogP contribution >= 0.6 is 0 Å². The molecule has 1 aromatic rings. The number of likely N-dealkylation sites (tertiary alicyclic amines) is 1. The minimum atomic E-state index is -0.865. The van der Waals surface area contributed by atoms with Crippen molar-refractivity contribution in [2.75, 3.05) is 6.54 Å². The molecule has 5 aliphatic carbocycles. The minimum absolute atomic E-state index is 0.0746. The van der Waals surface area contributed by atoms with Gasteiger partial charge in [0.2, 0.25) is 0 Å². The number of carboxylic acid groups (broad SMARTS) is 2. The molecule has 0 aromatic heterocycles. The first-order valence-electron chi connectivity index (χ1n) is 16.6. The Hall–Kier alpha value is -2.14. The Morgan fingerprint density at radius 3 is 2.24 bits per heavy atom. The highest BCUT2D eigenvalue weighted by molar-refractivity contribution is 5.88. The Labute approximate surface area is 245 Å². The fourth-order valence-electron chi connectivity index (χ4n) is 12.4. The molecule has 4 saturated carbocycles. The lowest BCUT2D eigenvalue weighted by Gasteiger charge is -2.66. The van der Waals surface area contributed by atoms with Gasteiger partial charge in [0.1, 0.15) is 6.04 Å². The van der Waals surface area contributed by atoms with Crippen molar-refractivity contribution in [3.05, 3.63) is 41.5 Å². The highest BCUT2D eigenvalue weighted by Crippen LogP contribution is 2.69. The lowest BCUT2D eigenvalue weighted by molar-refractivity contribution is -0.165. The fraction of sp³-hybridized carbons (Fsp3) is 0.722. The van der Waals surface area contributed by atoms with Gasteiger partial charge in [-0.3, -0.25) is 9.69 Å². The van der Waals surface area contributed by atoms with Crippen molar-refractivity contribution in [2.45, 2.75) is 109 Å². The van der Waals surface area contributed by atoms with Gasteiger partial charge in [-0.25, -0.2) is 4.79 Å². The maximum absolute atomic E-state index is 12.2. The lowest BCUT2D eigenvalue weighted by Crippen LogP contribution is -2.64. The molecule has 0 spiro atoms. The van der Waals surface area contributed by atoms with E-state index in [1.807, 2.05) is 12.1 Å². The number of hydrogen-bond donors (Lipinski definition) is 2. The summed E-state index contributed by atoms with van der Waals surface area (Å²) < 4.78 is 0. The number of aliphatic carboxylic acids is 1. The molecule has 9 atom stereocenters. The van der Waals surface area contributed by atoms with E-state index >= 15 is 0 Å². The third-order valence-electron chi connectivity index (χ3n) is 14.0. The number of carbonyl (C=O) groups is 2. The largest absolute Gasteiger partial charge is 0.480 e. The summed E-state index contributed by atoms with van der Waals surface area (Å²) in [6, 6.07) is 7.28. The molecular formula is C36H49NO4. The Morgan fingerprint density at radius 2 is 1.51 bits per heavy atom. The van der Waals surface area contributed by atoms with E-state index in [0.29, 0.717) is 22.8 Å². The first-order valence-corrected chi connectivity index (χ1v) is 16.6. The van der Waals surface area contributed by atoms with Gasteiger partial charge >= 0.3 is 11.9 Å². The van der Waals surface area contributed by atoms with Crippen molar-refractivity contribution < 1.29 is 19.8 Å². The summed E-state index contributed by atoms with van der Waals surface area (Å²) in [5.74, 6) is 2.92. The van der Waals surface area contributed by atoms with Gasteiger partial charge in [0.15, 0.2) is 0 Å². The molecule has 5 heteroatoms. The highest BCUT2D eigenvalue weighted by atomic mass is 16.4. The van der Waals surface area contributed by atoms with E-state index in [2.05, 4.69) is 31.7 Å². The predicted molar refractivity (Wildman–Crippen MR) is 160 cm³/mol. The molecule has 0 radical (unpaired) electrons. The van der Waals surface area contributed by atoms with Crippen molar-refractivity contribution in [3.63, 3.8) is 0 Å². The van der Waals surface area contributed by atoms with E-state index in [9.17, 15) is 19.8 Å². The van der Waals surface area contributed by atoms with Crippen LogP contribution in [0.4, 0.5) is 0 Å². The first-order chi connectivity index (χ1) is 19.6. The average molecular weight is 560 g/mol. The normalized spacial score (nSPS) is 43.3. The summed E-state index contributed by atoms with van der Waals surface area (Å²) in [7, 11) is 0. The van der Waals surface area contributed by atoms with Crippen molar-refractivity contribution in [3.8, 4) is 0 Å². The summed E-state index contributed by atoms with van der Waals surface area (Å²) in [4.78, 5) is 26.2. The maximum atomic E-state index is 12.2. The van der Waals surface area contributed by atoms with Gasteiger partial charge in [-0.15, -0.1) is 0 Å². The molecule has 2 N–H and O–H groups in total. The van der Waals surface area contributed by atoms with Crippen LogP contribution in [-0.2, 0) is 4.79 Å². The lowest BCUT2D eigenvalue weighted by atomic mass is 9.41. The summed E-state index contributed by atoms with van der Waals surface area (Å²) >= 11 is 0. The van der Waals surface area contributed by atoms with Crippen molar-refractivity contribution in [2.24, 2.45) is 46.3 Å². The van der Waals surface area contributed by atoms with Crippen LogP contribution in [0.2, 0.25) is 0 Å². The van der Waals surface area contributed by atoms with Crippen LogP contribution in [0, 0.1) is 46.3 Å². The topological polar surface area (TPSA) is 77.8 Å². The van der Waals surface area contributed by atoms with Gasteiger partial charge in [0.05, 0.1) is 5.56 Å². The number of rotatable bonds is 4. The van der Waals surface area contributed by atoms with Gasteiger partial charge in [-0.2, -0.15) is 0 Å². The Balaban J connectivity index is 1.15. The second-order valence-corrected chi connectivity index (χ2v) is 15.6. The van der Waals surface area contributed by atoms with Crippen molar-refractivity contribution >= 4 is 17.5 Å². The molecule has 222 valence electrons. The van der Waals surface area contributed by atoms with E-state index in [1.165, 1.54) is 68.9 Å². The van der Waals surface area contributed by atoms with E-state index in [-0.39, 0.29) is 17.0 Å². The molecule has 7 rings (SSSR count). The van der Waals surface area contributed by atoms with E-state index in [1.54, 1.807) is 12.1 Å². The Morgan fingerprint density at radius 1 is 0.780 bits per heavy atom. The van der Waals surface area contributed by atoms with Crippen LogP contribution in [0.5, 0.6) is 0 Å². The zero-order valence-corrected chi connectivity index (χ0v) is 25.3. The number of allylic oxidation sites excluding steroid dienone is 2. The van der Waals surface area contributed by atoms with Crippen LogP contribution < -0.4 is 0 Å². The molecule has 6 aliphatic rings. The smallest absolute Gasteiger partial charge is 0.335 e. The van der Waals surface area contributed by atoms with Crippen LogP contribution in [0.15, 0.2) is 30.3 Å². The summed E-state index contributed by atoms with van der Waals surface area (Å²) in [5.41, 5.74) is 3.53. The summed E-state index contributed by atoms with van der Waals surface area (Å²) in [6.07, 6.45) is 17.1. The number of hydrogen-bond acceptors (Lipinski definition) is 3. The average Bonchev–Trinajstić information content (AvgIpc) is 3.61. The molecule has 41 heavy (non-hydrogen) atoms. The van der Waals surface area contributed by atoms with Gasteiger partial charge in [-0.1, -0.05) is 45.4 Å². The molecule has 1 heterocycles. The van der Waals surface area contributed by atoms with Crippen molar-refractivity contribution in [1.82, 2.24) is 4.90 Å². The second kappa shape index (κ2) is 9.69. The van der Waals surface area contributed by atoms with E-state index in [4.69, 9.17) is 0 Å². The molecule has 0 amide bonds. The summed E-state index contributed by atoms with van der Waals surface area (Å²) in [5, 5.41) is 19.4. The number of aromatic carboxylic acids is 1. The molecule has 1 aromatic carbocycles. The van der Waals surface area contributed by atoms with Crippen LogP contribution in [0.25, 0.3) is 5.57 Å². The SMILES string of the molecule is CC1(C)C(c2ccc(C(=O)O)cc2)=CCC2[C@H]3CCC4[C@H]5CCCC5(N5CCCC5C(=O)O)CC[C@@]4(C)C3CC[C@H]21. The van der Waals surface area contributed by atoms with Gasteiger partial charge in [0, 0.05) is 5.54 Å². The van der Waals surface area contributed by atoms with Crippen LogP contribution in [-0.4, -0.2) is 45.2 Å². The summed E-state index contributed by atoms with van der Waals surface area (Å²) in [6.45, 7) is 8.53. The minimum Gasteiger partial charge on any atom is -0.480 e. The third kappa shape index (κ3) is 3.96. The zero-order valence-electron chi connectivity index (χ0n) is 25.3. The van der Waals surface area contributed by atoms with Crippen molar-refractivity contribution in [1.29, 1.82) is 0 Å². The molecule has 5 nitrogen and oxygen atoms in total. The Bertz CT molecular complexity index is 1250. The first kappa shape index (κ1) is 27.7. The second-order valence-electron chi connectivity index (χ2n) is 15.6. The molecule has 0 bridgehead atoms. The zero-order chi connectivity index (χ0) is 28.7. The quantitative estimate of drug-likeness (QED) is 0.394. The monoisotopic (exact) mass is 559 g/mol. The molecule has 1 aliphatic heterocycles. The predicted octanol–water partition coefficient (Wildman–Crippen LogP) is 7.75. The van der Waals surface area contributed by atoms with Gasteiger partial charge in [0.25, 0.3) is 0 Å². The number of nitrogens with zero attached hydrogens (tertiary/aromatic N) is 1. The molecule has 5 fully saturated rings. The molecule has 5 unspecified atom stereocenters. The van der Waals surface area contributed by atoms with Crippen LogP contribution in [0.1, 0.15) is 114 Å². The highest BCUT2D eigenvalue weighted by Gasteiger charge is 2.64. The number of fused-ring (bicyclic) bond motifs is 7. The molecule has 1 saturated heterocycles. The third-order valence-corrected chi connectivity index (χ3v) is 14.0. The number of benzene rings is 1. The number of carboxylic acids is 2. The van der Waals surface area contributed by atoms with Gasteiger partial charge in [-0.05, 0) is 147 Å². The van der Waals surface area contributed by atoms with Gasteiger partial charge < -0.3 is 10.2 Å². The molecular weight excluding hydrogens is 510 g/mol. The van der Waals surface area contributed by atoms with E-state index in [0.717, 1.165) is 49.5 Å². The fourth-order valence-corrected chi connectivity index (χ4v) is 12.4. The standard InChI is InChI=1S/C36H49NO4/c1-34(2)26(22-8-10-23(11-9-22)32(38)39)14-12-24-25-13-15-29-30-6-4-18-36(30,37-21-5-7-31(37)33(40)41)20-19-35(29,3)28(25)17-16-27(24)34/h8-11,14,24-25,27-31H,4-7,12-13,15-21H2,1-3H3,(H,38,39)(H,40,41)/t24?,25-,27-,28?,29?,30-,31?,35+,36?/m1/s1. The Kier molecular flexibility index (Phi) is 6.54. The van der Waals surface area contributed by atoms with E-state index < -0.39 is 11.9 Å². The maximum Gasteiger partial charge on any atom is 0.335 e. The van der Waals surface area contributed by atoms with Crippen LogP contribution in [0.3, 0.4) is 0 Å².